The van der Waals surface area contributed by atoms with Crippen molar-refractivity contribution in [2.75, 3.05) is 13.6 Å². The maximum atomic E-state index is 13.4. The molecule has 3 aromatic carbocycles. The molecule has 3 rings (SSSR count). The SMILES string of the molecule is Cc1ccc(CN(C(=O)CN(C)S(=O)(=O)c2ccc3ccccc3c2)[C@@H](C)C(=O)NC(C)C)cc1. The lowest BCUT2D eigenvalue weighted by Gasteiger charge is -2.30. The van der Waals surface area contributed by atoms with Crippen LogP contribution in [0.25, 0.3) is 10.8 Å². The summed E-state index contributed by atoms with van der Waals surface area (Å²) in [5, 5.41) is 4.56. The Kier molecular flexibility index (Phi) is 8.30. The quantitative estimate of drug-likeness (QED) is 0.490. The zero-order valence-electron chi connectivity index (χ0n) is 20.9. The van der Waals surface area contributed by atoms with Gasteiger partial charge < -0.3 is 10.2 Å². The van der Waals surface area contributed by atoms with Crippen LogP contribution in [-0.4, -0.2) is 55.1 Å². The summed E-state index contributed by atoms with van der Waals surface area (Å²) >= 11 is 0. The van der Waals surface area contributed by atoms with Gasteiger partial charge in [0, 0.05) is 19.6 Å². The second-order valence-corrected chi connectivity index (χ2v) is 11.2. The van der Waals surface area contributed by atoms with Crippen LogP contribution in [0.2, 0.25) is 0 Å². The summed E-state index contributed by atoms with van der Waals surface area (Å²) in [5.41, 5.74) is 1.94. The molecule has 1 atom stereocenters. The van der Waals surface area contributed by atoms with Crippen LogP contribution in [-0.2, 0) is 26.2 Å². The highest BCUT2D eigenvalue weighted by atomic mass is 32.2. The maximum absolute atomic E-state index is 13.4. The van der Waals surface area contributed by atoms with Gasteiger partial charge >= 0.3 is 0 Å². The Morgan fingerprint density at radius 3 is 2.17 bits per heavy atom. The number of fused-ring (bicyclic) bond motifs is 1. The van der Waals surface area contributed by atoms with Crippen LogP contribution in [0.15, 0.2) is 71.6 Å². The second kappa shape index (κ2) is 11.0. The van der Waals surface area contributed by atoms with Crippen molar-refractivity contribution >= 4 is 32.6 Å². The van der Waals surface area contributed by atoms with Crippen molar-refractivity contribution in [3.63, 3.8) is 0 Å². The van der Waals surface area contributed by atoms with Gasteiger partial charge in [0.15, 0.2) is 0 Å². The van der Waals surface area contributed by atoms with Gasteiger partial charge in [-0.05, 0) is 56.2 Å². The molecule has 0 aliphatic heterocycles. The molecule has 0 radical (unpaired) electrons. The van der Waals surface area contributed by atoms with E-state index in [1.807, 2.05) is 69.3 Å². The molecule has 3 aromatic rings. The van der Waals surface area contributed by atoms with Gasteiger partial charge in [-0.1, -0.05) is 60.2 Å². The number of hydrogen-bond acceptors (Lipinski definition) is 4. The monoisotopic (exact) mass is 495 g/mol. The van der Waals surface area contributed by atoms with E-state index in [9.17, 15) is 18.0 Å². The van der Waals surface area contributed by atoms with E-state index in [1.165, 1.54) is 11.9 Å². The number of hydrogen-bond donors (Lipinski definition) is 1. The number of aryl methyl sites for hydroxylation is 1. The minimum absolute atomic E-state index is 0.0859. The maximum Gasteiger partial charge on any atom is 0.243 e. The topological polar surface area (TPSA) is 86.8 Å². The van der Waals surface area contributed by atoms with E-state index in [0.29, 0.717) is 0 Å². The van der Waals surface area contributed by atoms with Crippen LogP contribution in [0, 0.1) is 6.92 Å². The van der Waals surface area contributed by atoms with E-state index in [1.54, 1.807) is 25.1 Å². The summed E-state index contributed by atoms with van der Waals surface area (Å²) in [6, 6.07) is 19.2. The number of nitrogens with one attached hydrogen (secondary N) is 1. The average Bonchev–Trinajstić information content (AvgIpc) is 2.82. The van der Waals surface area contributed by atoms with E-state index in [-0.39, 0.29) is 29.9 Å². The standard InChI is InChI=1S/C27H33N3O4S/c1-19(2)28-27(32)21(4)30(17-22-12-10-20(3)11-13-22)26(31)18-29(5)35(33,34)25-15-14-23-8-6-7-9-24(23)16-25/h6-16,19,21H,17-18H2,1-5H3,(H,28,32)/t21-/m0/s1. The molecule has 8 heteroatoms. The zero-order chi connectivity index (χ0) is 25.8. The molecule has 0 heterocycles. The Balaban J connectivity index is 1.84. The first-order valence-corrected chi connectivity index (χ1v) is 13.0. The van der Waals surface area contributed by atoms with Crippen LogP contribution in [0.1, 0.15) is 31.9 Å². The van der Waals surface area contributed by atoms with Crippen molar-refractivity contribution in [2.45, 2.75) is 51.2 Å². The van der Waals surface area contributed by atoms with Gasteiger partial charge in [-0.3, -0.25) is 9.59 Å². The van der Waals surface area contributed by atoms with Crippen molar-refractivity contribution in [2.24, 2.45) is 0 Å². The lowest BCUT2D eigenvalue weighted by atomic mass is 10.1. The van der Waals surface area contributed by atoms with Crippen molar-refractivity contribution in [1.82, 2.24) is 14.5 Å². The minimum atomic E-state index is -3.92. The fourth-order valence-corrected chi connectivity index (χ4v) is 4.91. The van der Waals surface area contributed by atoms with Gasteiger partial charge in [0.25, 0.3) is 0 Å². The van der Waals surface area contributed by atoms with E-state index in [4.69, 9.17) is 0 Å². The van der Waals surface area contributed by atoms with E-state index < -0.39 is 22.0 Å². The fourth-order valence-electron chi connectivity index (χ4n) is 3.75. The summed E-state index contributed by atoms with van der Waals surface area (Å²) in [6.45, 7) is 7.12. The molecule has 0 unspecified atom stereocenters. The molecule has 0 bridgehead atoms. The first kappa shape index (κ1) is 26.4. The molecule has 186 valence electrons. The van der Waals surface area contributed by atoms with Gasteiger partial charge in [0.2, 0.25) is 21.8 Å². The predicted molar refractivity (Wildman–Crippen MR) is 138 cm³/mol. The molecule has 0 saturated heterocycles. The number of rotatable bonds is 9. The molecule has 0 aliphatic rings. The molecule has 2 amide bonds. The molecule has 7 nitrogen and oxygen atoms in total. The largest absolute Gasteiger partial charge is 0.352 e. The molecule has 1 N–H and O–H groups in total. The number of likely N-dealkylation sites (N-methyl/N-ethyl adjacent to an activating group) is 1. The smallest absolute Gasteiger partial charge is 0.243 e. The number of carbonyl (C=O) groups is 2. The van der Waals surface area contributed by atoms with E-state index in [0.717, 1.165) is 26.2 Å². The summed E-state index contributed by atoms with van der Waals surface area (Å²) in [5.74, 6) is -0.746. The van der Waals surface area contributed by atoms with Gasteiger partial charge in [-0.15, -0.1) is 0 Å². The lowest BCUT2D eigenvalue weighted by Crippen LogP contribution is -2.51. The highest BCUT2D eigenvalue weighted by molar-refractivity contribution is 7.89. The molecule has 0 fully saturated rings. The average molecular weight is 496 g/mol. The first-order valence-electron chi connectivity index (χ1n) is 11.6. The number of carbonyl (C=O) groups excluding carboxylic acids is 2. The number of benzene rings is 3. The van der Waals surface area contributed by atoms with Crippen molar-refractivity contribution in [3.05, 3.63) is 77.9 Å². The van der Waals surface area contributed by atoms with Gasteiger partial charge in [-0.25, -0.2) is 8.42 Å². The summed E-state index contributed by atoms with van der Waals surface area (Å²) in [7, 11) is -2.54. The zero-order valence-corrected chi connectivity index (χ0v) is 21.7. The Hall–Kier alpha value is -3.23. The third kappa shape index (κ3) is 6.46. The number of nitrogens with zero attached hydrogens (tertiary/aromatic N) is 2. The van der Waals surface area contributed by atoms with E-state index >= 15 is 0 Å². The highest BCUT2D eigenvalue weighted by Gasteiger charge is 2.30. The van der Waals surface area contributed by atoms with Gasteiger partial charge in [0.05, 0.1) is 11.4 Å². The van der Waals surface area contributed by atoms with Crippen LogP contribution < -0.4 is 5.32 Å². The lowest BCUT2D eigenvalue weighted by molar-refractivity contribution is -0.140. The van der Waals surface area contributed by atoms with Crippen molar-refractivity contribution in [3.8, 4) is 0 Å². The Bertz CT molecular complexity index is 1300. The second-order valence-electron chi connectivity index (χ2n) is 9.12. The molecular formula is C27H33N3O4S. The van der Waals surface area contributed by atoms with Gasteiger partial charge in [-0.2, -0.15) is 4.31 Å². The first-order chi connectivity index (χ1) is 16.5. The Morgan fingerprint density at radius 2 is 1.54 bits per heavy atom. The van der Waals surface area contributed by atoms with E-state index in [2.05, 4.69) is 5.32 Å². The summed E-state index contributed by atoms with van der Waals surface area (Å²) in [4.78, 5) is 27.7. The summed E-state index contributed by atoms with van der Waals surface area (Å²) < 4.78 is 27.5. The predicted octanol–water partition coefficient (Wildman–Crippen LogP) is 3.71. The van der Waals surface area contributed by atoms with Crippen LogP contribution in [0.3, 0.4) is 0 Å². The van der Waals surface area contributed by atoms with Crippen LogP contribution in [0.5, 0.6) is 0 Å². The van der Waals surface area contributed by atoms with Gasteiger partial charge in [0.1, 0.15) is 6.04 Å². The molecule has 0 aromatic heterocycles. The molecule has 0 spiro atoms. The number of sulfonamides is 1. The highest BCUT2D eigenvalue weighted by Crippen LogP contribution is 2.22. The molecule has 0 aliphatic carbocycles. The number of amides is 2. The molecule has 0 saturated carbocycles. The molecule has 35 heavy (non-hydrogen) atoms. The van der Waals surface area contributed by atoms with Crippen LogP contribution >= 0.6 is 0 Å². The normalized spacial score (nSPS) is 12.7. The third-order valence-corrected chi connectivity index (χ3v) is 7.66. The Labute approximate surface area is 207 Å². The molecular weight excluding hydrogens is 462 g/mol. The van der Waals surface area contributed by atoms with Crippen LogP contribution in [0.4, 0.5) is 0 Å². The third-order valence-electron chi connectivity index (χ3n) is 5.86. The van der Waals surface area contributed by atoms with Crippen molar-refractivity contribution in [1.29, 1.82) is 0 Å². The van der Waals surface area contributed by atoms with Crippen molar-refractivity contribution < 1.29 is 18.0 Å². The summed E-state index contributed by atoms with van der Waals surface area (Å²) in [6.07, 6.45) is 0. The Morgan fingerprint density at radius 1 is 0.914 bits per heavy atom. The minimum Gasteiger partial charge on any atom is -0.352 e. The fraction of sp³-hybridized carbons (Fsp3) is 0.333.